The van der Waals surface area contributed by atoms with Crippen LogP contribution in [0.3, 0.4) is 0 Å². The van der Waals surface area contributed by atoms with Gasteiger partial charge in [-0.05, 0) is 37.8 Å². The van der Waals surface area contributed by atoms with Gasteiger partial charge in [-0.2, -0.15) is 0 Å². The Morgan fingerprint density at radius 2 is 2.00 bits per heavy atom. The van der Waals surface area contributed by atoms with E-state index in [0.717, 1.165) is 0 Å². The van der Waals surface area contributed by atoms with E-state index in [0.29, 0.717) is 5.92 Å². The quantitative estimate of drug-likeness (QED) is 0.549. The van der Waals surface area contributed by atoms with Crippen molar-refractivity contribution >= 4 is 0 Å². The summed E-state index contributed by atoms with van der Waals surface area (Å²) < 4.78 is 6.21. The summed E-state index contributed by atoms with van der Waals surface area (Å²) in [5.74, 6) is 0.663. The van der Waals surface area contributed by atoms with Gasteiger partial charge in [0, 0.05) is 5.41 Å². The van der Waals surface area contributed by atoms with E-state index in [4.69, 9.17) is 4.74 Å². The number of allylic oxidation sites excluding steroid dienone is 1. The van der Waals surface area contributed by atoms with E-state index in [1.807, 2.05) is 0 Å². The fourth-order valence-corrected chi connectivity index (χ4v) is 2.91. The first kappa shape index (κ1) is 10.9. The first-order valence-corrected chi connectivity index (χ1v) is 5.94. The van der Waals surface area contributed by atoms with Gasteiger partial charge in [-0.25, -0.2) is 0 Å². The van der Waals surface area contributed by atoms with Gasteiger partial charge in [0.2, 0.25) is 0 Å². The van der Waals surface area contributed by atoms with Crippen molar-refractivity contribution in [2.45, 2.75) is 52.7 Å². The first-order chi connectivity index (χ1) is 6.90. The minimum absolute atomic E-state index is 0.149. The van der Waals surface area contributed by atoms with Gasteiger partial charge < -0.3 is 4.74 Å². The molecule has 84 valence electrons. The zero-order chi connectivity index (χ0) is 11.3. The number of ether oxygens (including phenoxy) is 1. The molecule has 1 heterocycles. The van der Waals surface area contributed by atoms with Gasteiger partial charge >= 0.3 is 0 Å². The van der Waals surface area contributed by atoms with Gasteiger partial charge in [0.25, 0.3) is 0 Å². The molecule has 1 aliphatic heterocycles. The normalized spacial score (nSPS) is 43.4. The van der Waals surface area contributed by atoms with E-state index in [9.17, 15) is 0 Å². The molecule has 0 saturated heterocycles. The highest BCUT2D eigenvalue weighted by Crippen LogP contribution is 2.53. The van der Waals surface area contributed by atoms with Crippen LogP contribution in [0.1, 0.15) is 41.0 Å². The molecule has 0 aromatic heterocycles. The minimum Gasteiger partial charge on any atom is -0.359 e. The van der Waals surface area contributed by atoms with E-state index < -0.39 is 0 Å². The van der Waals surface area contributed by atoms with Crippen molar-refractivity contribution in [3.63, 3.8) is 0 Å². The maximum atomic E-state index is 6.21. The average molecular weight is 206 g/mol. The Hall–Kier alpha value is -0.560. The smallest absolute Gasteiger partial charge is 0.113 e. The summed E-state index contributed by atoms with van der Waals surface area (Å²) in [6.45, 7) is 11.3. The molecule has 0 saturated carbocycles. The fourth-order valence-electron chi connectivity index (χ4n) is 2.91. The molecule has 0 radical (unpaired) electrons. The topological polar surface area (TPSA) is 9.23 Å². The number of rotatable bonds is 0. The second kappa shape index (κ2) is 3.21. The Morgan fingerprint density at radius 1 is 1.33 bits per heavy atom. The minimum atomic E-state index is -0.149. The molecule has 2 aliphatic rings. The third-order valence-corrected chi connectivity index (χ3v) is 4.53. The van der Waals surface area contributed by atoms with Crippen LogP contribution >= 0.6 is 0 Å². The molecule has 2 rings (SSSR count). The molecule has 1 heteroatoms. The zero-order valence-electron chi connectivity index (χ0n) is 10.5. The first-order valence-electron chi connectivity index (χ1n) is 5.94. The summed E-state index contributed by atoms with van der Waals surface area (Å²) in [6, 6.07) is 0. The molecule has 0 amide bonds. The molecule has 1 nitrogen and oxygen atoms in total. The van der Waals surface area contributed by atoms with Crippen LogP contribution in [-0.2, 0) is 4.74 Å². The van der Waals surface area contributed by atoms with E-state index in [2.05, 4.69) is 52.8 Å². The Labute approximate surface area is 93.2 Å². The predicted octanol–water partition coefficient (Wildman–Crippen LogP) is 3.71. The predicted molar refractivity (Wildman–Crippen MR) is 63.7 cm³/mol. The Morgan fingerprint density at radius 3 is 2.53 bits per heavy atom. The molecule has 0 bridgehead atoms. The summed E-state index contributed by atoms with van der Waals surface area (Å²) >= 11 is 0. The van der Waals surface area contributed by atoms with Crippen LogP contribution in [0, 0.1) is 11.3 Å². The molecule has 1 aliphatic carbocycles. The molecule has 3 atom stereocenters. The van der Waals surface area contributed by atoms with Crippen molar-refractivity contribution in [2.75, 3.05) is 0 Å². The highest BCUT2D eigenvalue weighted by atomic mass is 16.5. The van der Waals surface area contributed by atoms with Crippen molar-refractivity contribution in [1.29, 1.82) is 0 Å². The monoisotopic (exact) mass is 206 g/mol. The Balaban J connectivity index is 2.48. The second-order valence-corrected chi connectivity index (χ2v) is 5.66. The zero-order valence-corrected chi connectivity index (χ0v) is 10.5. The Kier molecular flexibility index (Phi) is 2.34. The maximum Gasteiger partial charge on any atom is 0.113 e. The van der Waals surface area contributed by atoms with Crippen LogP contribution in [0.15, 0.2) is 23.8 Å². The van der Waals surface area contributed by atoms with E-state index in [-0.39, 0.29) is 17.1 Å². The van der Waals surface area contributed by atoms with E-state index >= 15 is 0 Å². The standard InChI is InChI=1S/C14H22O/c1-10-6-7-11(2)14(13(10,4)5)9-8-12(3)15-14/h7-10,12H,6H2,1-5H3. The van der Waals surface area contributed by atoms with Gasteiger partial charge in [0.1, 0.15) is 5.60 Å². The van der Waals surface area contributed by atoms with Crippen LogP contribution in [0.25, 0.3) is 0 Å². The van der Waals surface area contributed by atoms with Crippen molar-refractivity contribution in [2.24, 2.45) is 11.3 Å². The van der Waals surface area contributed by atoms with Crippen LogP contribution in [0.5, 0.6) is 0 Å². The third kappa shape index (κ3) is 1.32. The molecule has 0 fully saturated rings. The molecule has 1 spiro atoms. The Bertz CT molecular complexity index is 324. The van der Waals surface area contributed by atoms with E-state index in [1.165, 1.54) is 12.0 Å². The molecule has 0 aromatic carbocycles. The van der Waals surface area contributed by atoms with Crippen molar-refractivity contribution in [3.8, 4) is 0 Å². The highest BCUT2D eigenvalue weighted by molar-refractivity contribution is 5.35. The molecular weight excluding hydrogens is 184 g/mol. The van der Waals surface area contributed by atoms with Crippen LogP contribution < -0.4 is 0 Å². The molecule has 0 N–H and O–H groups in total. The number of hydrogen-bond acceptors (Lipinski definition) is 1. The average Bonchev–Trinajstić information content (AvgIpc) is 2.55. The van der Waals surface area contributed by atoms with Gasteiger partial charge in [-0.1, -0.05) is 32.9 Å². The summed E-state index contributed by atoms with van der Waals surface area (Å²) in [5, 5.41) is 0. The molecule has 3 unspecified atom stereocenters. The largest absolute Gasteiger partial charge is 0.359 e. The van der Waals surface area contributed by atoms with Crippen molar-refractivity contribution < 1.29 is 4.74 Å². The van der Waals surface area contributed by atoms with Gasteiger partial charge in [0.15, 0.2) is 0 Å². The summed E-state index contributed by atoms with van der Waals surface area (Å²) in [7, 11) is 0. The lowest BCUT2D eigenvalue weighted by Gasteiger charge is -2.50. The maximum absolute atomic E-state index is 6.21. The van der Waals surface area contributed by atoms with Gasteiger partial charge in [-0.15, -0.1) is 0 Å². The number of hydrogen-bond donors (Lipinski definition) is 0. The summed E-state index contributed by atoms with van der Waals surface area (Å²) in [5.41, 5.74) is 1.42. The lowest BCUT2D eigenvalue weighted by molar-refractivity contribution is -0.0928. The summed E-state index contributed by atoms with van der Waals surface area (Å²) in [6.07, 6.45) is 8.23. The van der Waals surface area contributed by atoms with Gasteiger partial charge in [-0.3, -0.25) is 0 Å². The van der Waals surface area contributed by atoms with Crippen molar-refractivity contribution in [3.05, 3.63) is 23.8 Å². The van der Waals surface area contributed by atoms with E-state index in [1.54, 1.807) is 0 Å². The second-order valence-electron chi connectivity index (χ2n) is 5.66. The lowest BCUT2D eigenvalue weighted by Crippen LogP contribution is -2.51. The molecule has 15 heavy (non-hydrogen) atoms. The SMILES string of the molecule is CC1=CCC(C)C(C)(C)C12C=CC(C)O2. The third-order valence-electron chi connectivity index (χ3n) is 4.53. The lowest BCUT2D eigenvalue weighted by atomic mass is 9.60. The molecular formula is C14H22O. The van der Waals surface area contributed by atoms with Crippen LogP contribution in [-0.4, -0.2) is 11.7 Å². The van der Waals surface area contributed by atoms with Crippen LogP contribution in [0.4, 0.5) is 0 Å². The fraction of sp³-hybridized carbons (Fsp3) is 0.714. The van der Waals surface area contributed by atoms with Crippen molar-refractivity contribution in [1.82, 2.24) is 0 Å². The summed E-state index contributed by atoms with van der Waals surface area (Å²) in [4.78, 5) is 0. The van der Waals surface area contributed by atoms with Crippen LogP contribution in [0.2, 0.25) is 0 Å². The van der Waals surface area contributed by atoms with Gasteiger partial charge in [0.05, 0.1) is 6.10 Å². The molecule has 0 aromatic rings. The highest BCUT2D eigenvalue weighted by Gasteiger charge is 2.52.